The fraction of sp³-hybridized carbons (Fsp3) is 0.483. The third-order valence-corrected chi connectivity index (χ3v) is 6.68. The van der Waals surface area contributed by atoms with Gasteiger partial charge in [-0.3, -0.25) is 4.99 Å². The van der Waals surface area contributed by atoms with Crippen LogP contribution in [-0.4, -0.2) is 48.6 Å². The van der Waals surface area contributed by atoms with E-state index in [1.807, 2.05) is 31.5 Å². The van der Waals surface area contributed by atoms with Crippen molar-refractivity contribution in [1.82, 2.24) is 10.2 Å². The molecule has 5 heteroatoms. The van der Waals surface area contributed by atoms with Gasteiger partial charge in [-0.05, 0) is 75.3 Å². The summed E-state index contributed by atoms with van der Waals surface area (Å²) in [6.07, 6.45) is 12.1. The Balaban J connectivity index is 1.93. The van der Waals surface area contributed by atoms with E-state index in [1.165, 1.54) is 16.7 Å². The van der Waals surface area contributed by atoms with Gasteiger partial charge in [-0.1, -0.05) is 43.3 Å². The fourth-order valence-electron chi connectivity index (χ4n) is 4.07. The van der Waals surface area contributed by atoms with Crippen LogP contribution in [-0.2, 0) is 11.3 Å². The summed E-state index contributed by atoms with van der Waals surface area (Å²) in [6.45, 7) is 11.1. The molecule has 1 aromatic rings. The number of rotatable bonds is 11. The number of nitrogens with one attached hydrogen (secondary N) is 1. The molecule has 0 aliphatic heterocycles. The van der Waals surface area contributed by atoms with Gasteiger partial charge in [0.2, 0.25) is 0 Å². The lowest BCUT2D eigenvalue weighted by atomic mass is 10.0. The van der Waals surface area contributed by atoms with Crippen LogP contribution in [0.4, 0.5) is 0 Å². The Morgan fingerprint density at radius 3 is 2.50 bits per heavy atom. The van der Waals surface area contributed by atoms with Crippen LogP contribution in [0.1, 0.15) is 65.0 Å². The van der Waals surface area contributed by atoms with Gasteiger partial charge in [0.15, 0.2) is 0 Å². The maximum absolute atomic E-state index is 10.7. The first kappa shape index (κ1) is 27.6. The average molecular weight is 466 g/mol. The molecule has 1 saturated carbocycles. The molecule has 1 aliphatic carbocycles. The molecule has 0 radical (unpaired) electrons. The van der Waals surface area contributed by atoms with Crippen molar-refractivity contribution in [2.75, 3.05) is 14.2 Å². The van der Waals surface area contributed by atoms with Gasteiger partial charge in [0.1, 0.15) is 0 Å². The largest absolute Gasteiger partial charge is 0.501 e. The van der Waals surface area contributed by atoms with E-state index in [0.29, 0.717) is 6.04 Å². The molecule has 0 amide bonds. The molecule has 0 aromatic heterocycles. The van der Waals surface area contributed by atoms with E-state index in [-0.39, 0.29) is 12.1 Å². The van der Waals surface area contributed by atoms with Crippen molar-refractivity contribution >= 4 is 11.8 Å². The molecule has 0 heterocycles. The van der Waals surface area contributed by atoms with Crippen LogP contribution >= 0.6 is 0 Å². The van der Waals surface area contributed by atoms with E-state index in [2.05, 4.69) is 80.3 Å². The zero-order valence-corrected chi connectivity index (χ0v) is 22.0. The van der Waals surface area contributed by atoms with Crippen LogP contribution in [0.25, 0.3) is 5.57 Å². The Morgan fingerprint density at radius 2 is 1.85 bits per heavy atom. The Hall–Kier alpha value is -2.63. The lowest BCUT2D eigenvalue weighted by Crippen LogP contribution is -2.37. The van der Waals surface area contributed by atoms with E-state index < -0.39 is 0 Å². The maximum atomic E-state index is 10.7. The predicted octanol–water partition coefficient (Wildman–Crippen LogP) is 5.84. The molecule has 5 nitrogen and oxygen atoms in total. The van der Waals surface area contributed by atoms with Crippen molar-refractivity contribution in [2.24, 2.45) is 4.99 Å². The molecule has 1 aliphatic rings. The second kappa shape index (κ2) is 13.9. The lowest BCUT2D eigenvalue weighted by molar-refractivity contribution is 0.103. The molecule has 3 unspecified atom stereocenters. The Morgan fingerprint density at radius 1 is 1.15 bits per heavy atom. The molecule has 0 spiro atoms. The van der Waals surface area contributed by atoms with Gasteiger partial charge in [-0.2, -0.15) is 0 Å². The van der Waals surface area contributed by atoms with Gasteiger partial charge in [-0.15, -0.1) is 0 Å². The molecule has 0 saturated heterocycles. The number of aliphatic hydroxyl groups excluding tert-OH is 1. The van der Waals surface area contributed by atoms with Crippen LogP contribution in [0.5, 0.6) is 0 Å². The number of ether oxygens (including phenoxy) is 1. The van der Waals surface area contributed by atoms with Crippen LogP contribution in [0.2, 0.25) is 0 Å². The summed E-state index contributed by atoms with van der Waals surface area (Å²) in [6, 6.07) is 9.06. The van der Waals surface area contributed by atoms with Crippen LogP contribution in [0.15, 0.2) is 70.7 Å². The van der Waals surface area contributed by atoms with Gasteiger partial charge >= 0.3 is 0 Å². The summed E-state index contributed by atoms with van der Waals surface area (Å²) in [7, 11) is 3.75. The SMILES string of the molecule is CC/C=C/N=C\C(C)=C(/C)N(C)C1CC(NCc2ccc(/C(C)=C/C=C(\C)OC)cc2)CC1O. The zero-order chi connectivity index (χ0) is 25.1. The quantitative estimate of drug-likeness (QED) is 0.245. The number of allylic oxidation sites excluding steroid dienone is 7. The van der Waals surface area contributed by atoms with Crippen molar-refractivity contribution in [3.8, 4) is 0 Å². The van der Waals surface area contributed by atoms with Gasteiger partial charge in [-0.25, -0.2) is 0 Å². The van der Waals surface area contributed by atoms with Gasteiger partial charge in [0, 0.05) is 37.7 Å². The summed E-state index contributed by atoms with van der Waals surface area (Å²) >= 11 is 0. The lowest BCUT2D eigenvalue weighted by Gasteiger charge is -2.30. The highest BCUT2D eigenvalue weighted by atomic mass is 16.5. The number of methoxy groups -OCH3 is 1. The number of hydrogen-bond donors (Lipinski definition) is 2. The minimum absolute atomic E-state index is 0.103. The maximum Gasteiger partial charge on any atom is 0.0924 e. The molecule has 186 valence electrons. The molecule has 34 heavy (non-hydrogen) atoms. The predicted molar refractivity (Wildman–Crippen MR) is 145 cm³/mol. The molecule has 1 aromatic carbocycles. The summed E-state index contributed by atoms with van der Waals surface area (Å²) in [5, 5.41) is 14.4. The van der Waals surface area contributed by atoms with Crippen molar-refractivity contribution in [3.63, 3.8) is 0 Å². The molecule has 3 atom stereocenters. The molecule has 2 N–H and O–H groups in total. The molecule has 0 bridgehead atoms. The Kier molecular flexibility index (Phi) is 11.3. The second-order valence-electron chi connectivity index (χ2n) is 9.16. The van der Waals surface area contributed by atoms with Gasteiger partial charge in [0.25, 0.3) is 0 Å². The van der Waals surface area contributed by atoms with E-state index in [4.69, 9.17) is 4.74 Å². The highest BCUT2D eigenvalue weighted by molar-refractivity contribution is 5.79. The van der Waals surface area contributed by atoms with Crippen molar-refractivity contribution in [1.29, 1.82) is 0 Å². The van der Waals surface area contributed by atoms with Crippen LogP contribution < -0.4 is 5.32 Å². The van der Waals surface area contributed by atoms with E-state index in [0.717, 1.165) is 42.8 Å². The summed E-state index contributed by atoms with van der Waals surface area (Å²) in [5.74, 6) is 0.890. The summed E-state index contributed by atoms with van der Waals surface area (Å²) in [5.41, 5.74) is 5.91. The monoisotopic (exact) mass is 465 g/mol. The Labute approximate surface area is 206 Å². The van der Waals surface area contributed by atoms with E-state index >= 15 is 0 Å². The van der Waals surface area contributed by atoms with E-state index in [1.54, 1.807) is 7.11 Å². The normalized spacial score (nSPS) is 22.5. The first-order valence-corrected chi connectivity index (χ1v) is 12.2. The first-order valence-electron chi connectivity index (χ1n) is 12.2. The number of aliphatic hydroxyl groups is 1. The van der Waals surface area contributed by atoms with Gasteiger partial charge < -0.3 is 20.1 Å². The molecular formula is C29H43N3O2. The molecule has 2 rings (SSSR count). The fourth-order valence-corrected chi connectivity index (χ4v) is 4.07. The third kappa shape index (κ3) is 8.30. The summed E-state index contributed by atoms with van der Waals surface area (Å²) < 4.78 is 5.19. The standard InChI is InChI=1S/C29H43N3O2/c1-8-9-16-30-19-22(3)24(5)32(6)28-17-27(18-29(28)33)31-20-25-12-14-26(15-13-25)21(2)10-11-23(4)34-7/h9-16,19,27-29,31,33H,8,17-18,20H2,1-7H3/b16-9+,21-10+,23-11+,24-22+,30-19-. The van der Waals surface area contributed by atoms with Crippen molar-refractivity contribution in [2.45, 2.75) is 78.6 Å². The van der Waals surface area contributed by atoms with Crippen molar-refractivity contribution < 1.29 is 9.84 Å². The Bertz CT molecular complexity index is 925. The first-order chi connectivity index (χ1) is 16.3. The number of aliphatic imine (C=N–C) groups is 1. The number of nitrogens with zero attached hydrogens (tertiary/aromatic N) is 2. The molecular weight excluding hydrogens is 422 g/mol. The highest BCUT2D eigenvalue weighted by Gasteiger charge is 2.35. The highest BCUT2D eigenvalue weighted by Crippen LogP contribution is 2.27. The van der Waals surface area contributed by atoms with Crippen LogP contribution in [0, 0.1) is 0 Å². The second-order valence-corrected chi connectivity index (χ2v) is 9.16. The topological polar surface area (TPSA) is 57.1 Å². The zero-order valence-electron chi connectivity index (χ0n) is 22.0. The number of benzene rings is 1. The van der Waals surface area contributed by atoms with Crippen molar-refractivity contribution in [3.05, 3.63) is 76.8 Å². The third-order valence-electron chi connectivity index (χ3n) is 6.68. The number of likely N-dealkylation sites (N-methyl/N-ethyl adjacent to an activating group) is 1. The number of hydrogen-bond acceptors (Lipinski definition) is 5. The van der Waals surface area contributed by atoms with E-state index in [9.17, 15) is 5.11 Å². The smallest absolute Gasteiger partial charge is 0.0924 e. The van der Waals surface area contributed by atoms with Crippen LogP contribution in [0.3, 0.4) is 0 Å². The average Bonchev–Trinajstić information content (AvgIpc) is 3.23. The minimum atomic E-state index is -0.346. The summed E-state index contributed by atoms with van der Waals surface area (Å²) in [4.78, 5) is 6.56. The molecule has 1 fully saturated rings. The minimum Gasteiger partial charge on any atom is -0.501 e. The van der Waals surface area contributed by atoms with Gasteiger partial charge in [0.05, 0.1) is 25.0 Å².